The first-order valence-corrected chi connectivity index (χ1v) is 7.02. The molecule has 1 aliphatic heterocycles. The van der Waals surface area contributed by atoms with Gasteiger partial charge in [-0.3, -0.25) is 4.68 Å². The highest BCUT2D eigenvalue weighted by Gasteiger charge is 2.19. The minimum absolute atomic E-state index is 0.618. The summed E-state index contributed by atoms with van der Waals surface area (Å²) < 4.78 is 12.6. The first kappa shape index (κ1) is 14.5. The summed E-state index contributed by atoms with van der Waals surface area (Å²) in [5.41, 5.74) is 3.71. The van der Waals surface area contributed by atoms with Crippen molar-refractivity contribution in [3.8, 4) is 0 Å². The van der Waals surface area contributed by atoms with Crippen molar-refractivity contribution in [1.82, 2.24) is 15.1 Å². The van der Waals surface area contributed by atoms with Gasteiger partial charge in [0, 0.05) is 50.5 Å². The maximum absolute atomic E-state index is 5.43. The molecule has 1 unspecified atom stereocenters. The fraction of sp³-hybridized carbons (Fsp3) is 0.786. The maximum Gasteiger partial charge on any atom is 0.0641 e. The molecule has 2 heterocycles. The van der Waals surface area contributed by atoms with E-state index in [9.17, 15) is 0 Å². The zero-order valence-electron chi connectivity index (χ0n) is 12.2. The molecule has 0 amide bonds. The molecule has 1 aromatic heterocycles. The molecule has 5 nitrogen and oxygen atoms in total. The Hall–Kier alpha value is -0.910. The smallest absolute Gasteiger partial charge is 0.0641 e. The Kier molecular flexibility index (Phi) is 5.36. The summed E-state index contributed by atoms with van der Waals surface area (Å²) >= 11 is 0. The van der Waals surface area contributed by atoms with E-state index in [-0.39, 0.29) is 0 Å². The van der Waals surface area contributed by atoms with E-state index in [1.54, 1.807) is 7.11 Å². The first-order valence-electron chi connectivity index (χ1n) is 7.02. The number of aromatic nitrogens is 2. The first-order chi connectivity index (χ1) is 9.22. The number of rotatable bonds is 7. The van der Waals surface area contributed by atoms with Gasteiger partial charge in [-0.1, -0.05) is 0 Å². The third-order valence-corrected chi connectivity index (χ3v) is 3.77. The Labute approximate surface area is 115 Å². The molecule has 0 radical (unpaired) electrons. The molecule has 0 aliphatic carbocycles. The van der Waals surface area contributed by atoms with E-state index in [1.807, 2.05) is 0 Å². The number of aryl methyl sites for hydroxylation is 1. The second-order valence-electron chi connectivity index (χ2n) is 5.23. The van der Waals surface area contributed by atoms with Crippen molar-refractivity contribution >= 4 is 0 Å². The third-order valence-electron chi connectivity index (χ3n) is 3.77. The zero-order valence-corrected chi connectivity index (χ0v) is 12.2. The quantitative estimate of drug-likeness (QED) is 0.756. The van der Waals surface area contributed by atoms with Gasteiger partial charge in [-0.15, -0.1) is 0 Å². The van der Waals surface area contributed by atoms with Gasteiger partial charge in [0.05, 0.1) is 18.9 Å². The summed E-state index contributed by atoms with van der Waals surface area (Å²) in [6.45, 7) is 9.47. The van der Waals surface area contributed by atoms with Crippen LogP contribution in [0.25, 0.3) is 0 Å². The Morgan fingerprint density at radius 1 is 1.47 bits per heavy atom. The molecule has 1 N–H and O–H groups in total. The molecule has 1 fully saturated rings. The molecule has 0 bridgehead atoms. The Morgan fingerprint density at radius 2 is 2.32 bits per heavy atom. The van der Waals surface area contributed by atoms with E-state index in [2.05, 4.69) is 28.9 Å². The molecule has 1 aliphatic rings. The molecular weight excluding hydrogens is 242 g/mol. The van der Waals surface area contributed by atoms with Gasteiger partial charge in [0.2, 0.25) is 0 Å². The minimum atomic E-state index is 0.618. The topological polar surface area (TPSA) is 48.3 Å². The van der Waals surface area contributed by atoms with Crippen molar-refractivity contribution in [2.75, 3.05) is 33.5 Å². The van der Waals surface area contributed by atoms with Crippen molar-refractivity contribution < 1.29 is 9.47 Å². The van der Waals surface area contributed by atoms with E-state index in [4.69, 9.17) is 9.47 Å². The molecule has 1 saturated heterocycles. The molecule has 0 spiro atoms. The molecule has 108 valence electrons. The van der Waals surface area contributed by atoms with Crippen LogP contribution in [-0.4, -0.2) is 43.3 Å². The van der Waals surface area contributed by atoms with Crippen LogP contribution in [0.4, 0.5) is 0 Å². The monoisotopic (exact) mass is 267 g/mol. The van der Waals surface area contributed by atoms with Gasteiger partial charge in [0.1, 0.15) is 0 Å². The number of methoxy groups -OCH3 is 1. The summed E-state index contributed by atoms with van der Waals surface area (Å²) in [5.74, 6) is 0.618. The van der Waals surface area contributed by atoms with Gasteiger partial charge in [0.15, 0.2) is 0 Å². The van der Waals surface area contributed by atoms with Gasteiger partial charge < -0.3 is 14.8 Å². The molecule has 5 heteroatoms. The van der Waals surface area contributed by atoms with Crippen LogP contribution in [0.1, 0.15) is 23.4 Å². The Bertz CT molecular complexity index is 398. The lowest BCUT2D eigenvalue weighted by Crippen LogP contribution is -2.19. The summed E-state index contributed by atoms with van der Waals surface area (Å²) in [5, 5.41) is 8.05. The average molecular weight is 267 g/mol. The zero-order chi connectivity index (χ0) is 13.7. The maximum atomic E-state index is 5.43. The van der Waals surface area contributed by atoms with Gasteiger partial charge >= 0.3 is 0 Å². The van der Waals surface area contributed by atoms with Gasteiger partial charge in [-0.25, -0.2) is 0 Å². The largest absolute Gasteiger partial charge is 0.383 e. The molecular formula is C14H25N3O2. The van der Waals surface area contributed by atoms with Gasteiger partial charge in [-0.05, 0) is 20.3 Å². The predicted octanol–water partition coefficient (Wildman–Crippen LogP) is 1.27. The van der Waals surface area contributed by atoms with E-state index in [1.165, 1.54) is 11.3 Å². The number of nitrogens with one attached hydrogen (secondary N) is 1. The van der Waals surface area contributed by atoms with E-state index in [0.717, 1.165) is 51.6 Å². The number of nitrogens with zero attached hydrogens (tertiary/aromatic N) is 2. The van der Waals surface area contributed by atoms with Crippen LogP contribution in [0.15, 0.2) is 0 Å². The van der Waals surface area contributed by atoms with Gasteiger partial charge in [0.25, 0.3) is 0 Å². The lowest BCUT2D eigenvalue weighted by molar-refractivity contribution is 0.181. The van der Waals surface area contributed by atoms with Crippen LogP contribution in [-0.2, 0) is 22.6 Å². The number of ether oxygens (including phenoxy) is 2. The minimum Gasteiger partial charge on any atom is -0.383 e. The summed E-state index contributed by atoms with van der Waals surface area (Å²) in [4.78, 5) is 0. The SMILES string of the molecule is COCCNCc1c(C)nn(CC2CCOC2)c1C. The average Bonchev–Trinajstić information content (AvgIpc) is 2.98. The lowest BCUT2D eigenvalue weighted by Gasteiger charge is -2.10. The fourth-order valence-electron chi connectivity index (χ4n) is 2.53. The fourth-order valence-corrected chi connectivity index (χ4v) is 2.53. The third kappa shape index (κ3) is 3.78. The van der Waals surface area contributed by atoms with Crippen LogP contribution in [0.5, 0.6) is 0 Å². The predicted molar refractivity (Wildman–Crippen MR) is 74.2 cm³/mol. The number of hydrogen-bond acceptors (Lipinski definition) is 4. The van der Waals surface area contributed by atoms with Crippen LogP contribution in [0.2, 0.25) is 0 Å². The molecule has 2 rings (SSSR count). The standard InChI is InChI=1S/C14H25N3O2/c1-11-14(8-15-5-7-18-3)12(2)17(16-11)9-13-4-6-19-10-13/h13,15H,4-10H2,1-3H3. The summed E-state index contributed by atoms with van der Waals surface area (Å²) in [7, 11) is 1.72. The summed E-state index contributed by atoms with van der Waals surface area (Å²) in [6.07, 6.45) is 1.15. The van der Waals surface area contributed by atoms with Crippen LogP contribution < -0.4 is 5.32 Å². The molecule has 0 saturated carbocycles. The van der Waals surface area contributed by atoms with Crippen molar-refractivity contribution in [2.24, 2.45) is 5.92 Å². The normalized spacial score (nSPS) is 19.2. The van der Waals surface area contributed by atoms with Crippen LogP contribution in [0, 0.1) is 19.8 Å². The van der Waals surface area contributed by atoms with Crippen LogP contribution in [0.3, 0.4) is 0 Å². The second kappa shape index (κ2) is 7.03. The molecule has 1 atom stereocenters. The number of hydrogen-bond donors (Lipinski definition) is 1. The van der Waals surface area contributed by atoms with E-state index in [0.29, 0.717) is 5.92 Å². The molecule has 19 heavy (non-hydrogen) atoms. The van der Waals surface area contributed by atoms with E-state index < -0.39 is 0 Å². The van der Waals surface area contributed by atoms with Gasteiger partial charge in [-0.2, -0.15) is 5.10 Å². The summed E-state index contributed by atoms with van der Waals surface area (Å²) in [6, 6.07) is 0. The lowest BCUT2D eigenvalue weighted by atomic mass is 10.1. The van der Waals surface area contributed by atoms with Crippen molar-refractivity contribution in [3.63, 3.8) is 0 Å². The van der Waals surface area contributed by atoms with Crippen molar-refractivity contribution in [1.29, 1.82) is 0 Å². The second-order valence-corrected chi connectivity index (χ2v) is 5.23. The highest BCUT2D eigenvalue weighted by Crippen LogP contribution is 2.18. The van der Waals surface area contributed by atoms with Crippen molar-refractivity contribution in [3.05, 3.63) is 17.0 Å². The Morgan fingerprint density at radius 3 is 3.00 bits per heavy atom. The van der Waals surface area contributed by atoms with Crippen LogP contribution >= 0.6 is 0 Å². The van der Waals surface area contributed by atoms with E-state index >= 15 is 0 Å². The van der Waals surface area contributed by atoms with Crippen molar-refractivity contribution in [2.45, 2.75) is 33.4 Å². The molecule has 0 aromatic carbocycles. The Balaban J connectivity index is 1.93. The highest BCUT2D eigenvalue weighted by atomic mass is 16.5. The molecule has 1 aromatic rings. The highest BCUT2D eigenvalue weighted by molar-refractivity contribution is 5.24.